The maximum atomic E-state index is 12.3. The molecule has 2 aliphatic rings. The lowest BCUT2D eigenvalue weighted by Gasteiger charge is -2.32. The quantitative estimate of drug-likeness (QED) is 0.770. The summed E-state index contributed by atoms with van der Waals surface area (Å²) in [5.41, 5.74) is 0. The molecule has 4 nitrogen and oxygen atoms in total. The Morgan fingerprint density at radius 3 is 2.37 bits per heavy atom. The van der Waals surface area contributed by atoms with Crippen LogP contribution in [-0.2, 0) is 9.59 Å². The van der Waals surface area contributed by atoms with E-state index in [1.165, 1.54) is 6.42 Å². The molecule has 4 heteroatoms. The number of rotatable bonds is 3. The van der Waals surface area contributed by atoms with Crippen LogP contribution in [0.1, 0.15) is 45.4 Å². The monoisotopic (exact) mass is 265 g/mol. The molecule has 4 atom stereocenters. The number of amides is 1. The van der Waals surface area contributed by atoms with Gasteiger partial charge >= 0.3 is 5.97 Å². The third-order valence-corrected chi connectivity index (χ3v) is 4.53. The van der Waals surface area contributed by atoms with Crippen molar-refractivity contribution < 1.29 is 14.7 Å². The van der Waals surface area contributed by atoms with Gasteiger partial charge in [0.05, 0.1) is 11.8 Å². The minimum absolute atomic E-state index is 0.0736. The van der Waals surface area contributed by atoms with E-state index < -0.39 is 17.8 Å². The summed E-state index contributed by atoms with van der Waals surface area (Å²) in [6.45, 7) is 2.17. The molecular formula is C15H23NO3. The first-order chi connectivity index (χ1) is 9.09. The number of carbonyl (C=O) groups excluding carboxylic acids is 1. The van der Waals surface area contributed by atoms with E-state index in [0.717, 1.165) is 19.3 Å². The highest BCUT2D eigenvalue weighted by Gasteiger charge is 2.35. The lowest BCUT2D eigenvalue weighted by atomic mass is 9.81. The second-order valence-corrected chi connectivity index (χ2v) is 5.87. The fraction of sp³-hybridized carbons (Fsp3) is 0.733. The van der Waals surface area contributed by atoms with Crippen LogP contribution in [0.15, 0.2) is 12.2 Å². The third-order valence-electron chi connectivity index (χ3n) is 4.53. The number of aliphatic carboxylic acids is 1. The topological polar surface area (TPSA) is 66.4 Å². The van der Waals surface area contributed by atoms with Gasteiger partial charge in [-0.05, 0) is 31.6 Å². The van der Waals surface area contributed by atoms with Crippen molar-refractivity contribution in [3.05, 3.63) is 12.2 Å². The van der Waals surface area contributed by atoms with Gasteiger partial charge in [-0.15, -0.1) is 0 Å². The van der Waals surface area contributed by atoms with E-state index in [2.05, 4.69) is 12.2 Å². The Labute approximate surface area is 114 Å². The molecule has 19 heavy (non-hydrogen) atoms. The molecule has 0 spiro atoms. The van der Waals surface area contributed by atoms with Crippen molar-refractivity contribution in [1.82, 2.24) is 5.32 Å². The summed E-state index contributed by atoms with van der Waals surface area (Å²) in [6.07, 6.45) is 9.36. The second-order valence-electron chi connectivity index (χ2n) is 5.87. The zero-order chi connectivity index (χ0) is 13.8. The van der Waals surface area contributed by atoms with Crippen molar-refractivity contribution >= 4 is 11.9 Å². The van der Waals surface area contributed by atoms with Crippen LogP contribution in [0.5, 0.6) is 0 Å². The van der Waals surface area contributed by atoms with Crippen LogP contribution in [-0.4, -0.2) is 23.0 Å². The summed E-state index contributed by atoms with van der Waals surface area (Å²) >= 11 is 0. The molecule has 0 bridgehead atoms. The highest BCUT2D eigenvalue weighted by Crippen LogP contribution is 2.28. The molecule has 0 aromatic rings. The molecule has 2 rings (SSSR count). The largest absolute Gasteiger partial charge is 0.481 e. The summed E-state index contributed by atoms with van der Waals surface area (Å²) < 4.78 is 0. The maximum Gasteiger partial charge on any atom is 0.307 e. The molecular weight excluding hydrogens is 242 g/mol. The molecule has 0 radical (unpaired) electrons. The standard InChI is InChI=1S/C15H23NO3/c1-10-6-2-5-9-13(10)16-14(17)11-7-3-4-8-12(11)15(18)19/h3-4,10-13H,2,5-9H2,1H3,(H,16,17)(H,18,19)/t10-,11-,12-,13+/m1/s1. The Kier molecular flexibility index (Phi) is 4.61. The van der Waals surface area contributed by atoms with Crippen molar-refractivity contribution in [1.29, 1.82) is 0 Å². The van der Waals surface area contributed by atoms with E-state index in [1.54, 1.807) is 0 Å². The van der Waals surface area contributed by atoms with Crippen molar-refractivity contribution in [2.45, 2.75) is 51.5 Å². The molecule has 106 valence electrons. The molecule has 0 aromatic carbocycles. The highest BCUT2D eigenvalue weighted by molar-refractivity contribution is 5.85. The number of carboxylic acid groups (broad SMARTS) is 1. The van der Waals surface area contributed by atoms with E-state index in [-0.39, 0.29) is 11.9 Å². The van der Waals surface area contributed by atoms with Gasteiger partial charge < -0.3 is 10.4 Å². The number of hydrogen-bond acceptors (Lipinski definition) is 2. The molecule has 2 aliphatic carbocycles. The van der Waals surface area contributed by atoms with Gasteiger partial charge in [0.2, 0.25) is 5.91 Å². The number of carbonyl (C=O) groups is 2. The Hall–Kier alpha value is -1.32. The first kappa shape index (κ1) is 14.1. The summed E-state index contributed by atoms with van der Waals surface area (Å²) in [5.74, 6) is -1.41. The lowest BCUT2D eigenvalue weighted by molar-refractivity contribution is -0.147. The van der Waals surface area contributed by atoms with Crippen LogP contribution in [0.2, 0.25) is 0 Å². The third kappa shape index (κ3) is 3.37. The highest BCUT2D eigenvalue weighted by atomic mass is 16.4. The minimum atomic E-state index is -0.860. The molecule has 0 aliphatic heterocycles. The lowest BCUT2D eigenvalue weighted by Crippen LogP contribution is -2.46. The zero-order valence-electron chi connectivity index (χ0n) is 11.5. The predicted octanol–water partition coefficient (Wildman–Crippen LogP) is 2.35. The van der Waals surface area contributed by atoms with Crippen molar-refractivity contribution in [2.75, 3.05) is 0 Å². The first-order valence-electron chi connectivity index (χ1n) is 7.27. The number of allylic oxidation sites excluding steroid dienone is 2. The van der Waals surface area contributed by atoms with Gasteiger partial charge in [0.15, 0.2) is 0 Å². The van der Waals surface area contributed by atoms with Crippen molar-refractivity contribution in [3.63, 3.8) is 0 Å². The first-order valence-corrected chi connectivity index (χ1v) is 7.27. The average molecular weight is 265 g/mol. The maximum absolute atomic E-state index is 12.3. The van der Waals surface area contributed by atoms with Crippen LogP contribution in [0.25, 0.3) is 0 Å². The van der Waals surface area contributed by atoms with E-state index in [1.807, 2.05) is 12.2 Å². The van der Waals surface area contributed by atoms with Gasteiger partial charge in [-0.1, -0.05) is 31.9 Å². The molecule has 2 N–H and O–H groups in total. The molecule has 1 amide bonds. The van der Waals surface area contributed by atoms with Crippen LogP contribution < -0.4 is 5.32 Å². The SMILES string of the molecule is C[C@@H]1CCCC[C@@H]1NC(=O)[C@@H]1CC=CC[C@H]1C(=O)O. The fourth-order valence-corrected chi connectivity index (χ4v) is 3.20. The van der Waals surface area contributed by atoms with Gasteiger partial charge in [0, 0.05) is 6.04 Å². The van der Waals surface area contributed by atoms with Gasteiger partial charge in [-0.3, -0.25) is 9.59 Å². The average Bonchev–Trinajstić information content (AvgIpc) is 2.41. The molecule has 0 heterocycles. The van der Waals surface area contributed by atoms with Gasteiger partial charge in [0.25, 0.3) is 0 Å². The van der Waals surface area contributed by atoms with E-state index >= 15 is 0 Å². The smallest absolute Gasteiger partial charge is 0.307 e. The predicted molar refractivity (Wildman–Crippen MR) is 72.6 cm³/mol. The Bertz CT molecular complexity index is 378. The van der Waals surface area contributed by atoms with Crippen LogP contribution >= 0.6 is 0 Å². The Balaban J connectivity index is 1.97. The van der Waals surface area contributed by atoms with Gasteiger partial charge in [0.1, 0.15) is 0 Å². The van der Waals surface area contributed by atoms with Gasteiger partial charge in [-0.25, -0.2) is 0 Å². The molecule has 0 aromatic heterocycles. The minimum Gasteiger partial charge on any atom is -0.481 e. The van der Waals surface area contributed by atoms with Crippen molar-refractivity contribution in [2.24, 2.45) is 17.8 Å². The Morgan fingerprint density at radius 1 is 1.11 bits per heavy atom. The van der Waals surface area contributed by atoms with E-state index in [9.17, 15) is 14.7 Å². The molecule has 1 fully saturated rings. The number of hydrogen-bond donors (Lipinski definition) is 2. The summed E-state index contributed by atoms with van der Waals surface area (Å²) in [7, 11) is 0. The Morgan fingerprint density at radius 2 is 1.74 bits per heavy atom. The van der Waals surface area contributed by atoms with E-state index in [0.29, 0.717) is 18.8 Å². The van der Waals surface area contributed by atoms with E-state index in [4.69, 9.17) is 0 Å². The second kappa shape index (κ2) is 6.22. The zero-order valence-corrected chi connectivity index (χ0v) is 11.5. The normalized spacial score (nSPS) is 34.8. The summed E-state index contributed by atoms with van der Waals surface area (Å²) in [5, 5.41) is 12.3. The molecule has 0 unspecified atom stereocenters. The number of carboxylic acids is 1. The molecule has 1 saturated carbocycles. The van der Waals surface area contributed by atoms with Gasteiger partial charge in [-0.2, -0.15) is 0 Å². The molecule has 0 saturated heterocycles. The summed E-state index contributed by atoms with van der Waals surface area (Å²) in [4.78, 5) is 23.5. The number of nitrogens with one attached hydrogen (secondary N) is 1. The van der Waals surface area contributed by atoms with Crippen LogP contribution in [0, 0.1) is 17.8 Å². The van der Waals surface area contributed by atoms with Crippen molar-refractivity contribution in [3.8, 4) is 0 Å². The van der Waals surface area contributed by atoms with Crippen LogP contribution in [0.3, 0.4) is 0 Å². The summed E-state index contributed by atoms with van der Waals surface area (Å²) in [6, 6.07) is 0.224. The fourth-order valence-electron chi connectivity index (χ4n) is 3.20. The van der Waals surface area contributed by atoms with Crippen LogP contribution in [0.4, 0.5) is 0 Å².